The molecule has 1 aliphatic heterocycles. The van der Waals surface area contributed by atoms with E-state index in [1.54, 1.807) is 18.5 Å². The highest BCUT2D eigenvalue weighted by molar-refractivity contribution is 5.85. The molecule has 0 aromatic carbocycles. The van der Waals surface area contributed by atoms with Gasteiger partial charge in [0.1, 0.15) is 5.54 Å². The predicted octanol–water partition coefficient (Wildman–Crippen LogP) is 0.0826. The Morgan fingerprint density at radius 2 is 1.92 bits per heavy atom. The molecular formula is C7H10ClN3O. The molecule has 4 nitrogen and oxygen atoms in total. The quantitative estimate of drug-likeness (QED) is 0.677. The standard InChI is InChI=1S/C7H9N3O.ClH/c8-7(4-11-5-7)6-9-2-1-3-10-6;/h1-3H,4-5,8H2;1H. The number of halogens is 1. The van der Waals surface area contributed by atoms with Gasteiger partial charge in [-0.25, -0.2) is 9.97 Å². The number of nitrogens with zero attached hydrogens (tertiary/aromatic N) is 2. The summed E-state index contributed by atoms with van der Waals surface area (Å²) in [5.41, 5.74) is 5.44. The van der Waals surface area contributed by atoms with Crippen molar-refractivity contribution in [1.29, 1.82) is 0 Å². The third kappa shape index (κ3) is 1.41. The average molecular weight is 188 g/mol. The van der Waals surface area contributed by atoms with E-state index in [4.69, 9.17) is 10.5 Å². The number of hydrogen-bond donors (Lipinski definition) is 1. The van der Waals surface area contributed by atoms with E-state index < -0.39 is 5.54 Å². The first-order valence-electron chi connectivity index (χ1n) is 3.45. The topological polar surface area (TPSA) is 61.0 Å². The van der Waals surface area contributed by atoms with Crippen molar-refractivity contribution in [3.63, 3.8) is 0 Å². The van der Waals surface area contributed by atoms with Crippen molar-refractivity contribution < 1.29 is 4.74 Å². The molecule has 0 unspecified atom stereocenters. The molecule has 12 heavy (non-hydrogen) atoms. The van der Waals surface area contributed by atoms with Crippen LogP contribution in [0.5, 0.6) is 0 Å². The SMILES string of the molecule is Cl.NC1(c2ncccn2)COC1. The number of nitrogens with two attached hydrogens (primary N) is 1. The van der Waals surface area contributed by atoms with Crippen molar-refractivity contribution in [2.75, 3.05) is 13.2 Å². The molecule has 0 saturated carbocycles. The summed E-state index contributed by atoms with van der Waals surface area (Å²) in [6.45, 7) is 1.05. The Balaban J connectivity index is 0.000000720. The van der Waals surface area contributed by atoms with Gasteiger partial charge in [0.15, 0.2) is 5.82 Å². The van der Waals surface area contributed by atoms with Gasteiger partial charge in [-0.05, 0) is 6.07 Å². The highest BCUT2D eigenvalue weighted by atomic mass is 35.5. The maximum atomic E-state index is 5.87. The van der Waals surface area contributed by atoms with E-state index in [9.17, 15) is 0 Å². The molecule has 2 rings (SSSR count). The van der Waals surface area contributed by atoms with Crippen LogP contribution < -0.4 is 5.73 Å². The largest absolute Gasteiger partial charge is 0.376 e. The van der Waals surface area contributed by atoms with E-state index in [0.717, 1.165) is 0 Å². The molecule has 0 bridgehead atoms. The molecule has 2 N–H and O–H groups in total. The zero-order chi connectivity index (χ0) is 7.73. The first-order chi connectivity index (χ1) is 5.31. The Hall–Kier alpha value is -0.710. The molecule has 0 spiro atoms. The zero-order valence-electron chi connectivity index (χ0n) is 6.43. The molecule has 0 radical (unpaired) electrons. The Morgan fingerprint density at radius 1 is 1.33 bits per heavy atom. The van der Waals surface area contributed by atoms with Gasteiger partial charge >= 0.3 is 0 Å². The highest BCUT2D eigenvalue weighted by Gasteiger charge is 2.38. The third-order valence-electron chi connectivity index (χ3n) is 1.73. The van der Waals surface area contributed by atoms with Crippen LogP contribution in [0.4, 0.5) is 0 Å². The van der Waals surface area contributed by atoms with Crippen molar-refractivity contribution in [1.82, 2.24) is 9.97 Å². The molecular weight excluding hydrogens is 178 g/mol. The number of rotatable bonds is 1. The monoisotopic (exact) mass is 187 g/mol. The van der Waals surface area contributed by atoms with Crippen molar-refractivity contribution in [3.05, 3.63) is 24.3 Å². The van der Waals surface area contributed by atoms with Gasteiger partial charge in [0.25, 0.3) is 0 Å². The third-order valence-corrected chi connectivity index (χ3v) is 1.73. The molecule has 1 aromatic heterocycles. The van der Waals surface area contributed by atoms with Crippen LogP contribution in [-0.4, -0.2) is 23.2 Å². The van der Waals surface area contributed by atoms with Crippen molar-refractivity contribution in [2.45, 2.75) is 5.54 Å². The van der Waals surface area contributed by atoms with Crippen molar-refractivity contribution in [2.24, 2.45) is 5.73 Å². The van der Waals surface area contributed by atoms with Crippen LogP contribution in [0.1, 0.15) is 5.82 Å². The average Bonchev–Trinajstić information content (AvgIpc) is 2.02. The molecule has 5 heteroatoms. The van der Waals surface area contributed by atoms with Gasteiger partial charge < -0.3 is 10.5 Å². The van der Waals surface area contributed by atoms with Gasteiger partial charge in [0, 0.05) is 12.4 Å². The Morgan fingerprint density at radius 3 is 2.33 bits per heavy atom. The summed E-state index contributed by atoms with van der Waals surface area (Å²) in [7, 11) is 0. The van der Waals surface area contributed by atoms with Gasteiger partial charge in [-0.15, -0.1) is 12.4 Å². The minimum atomic E-state index is -0.429. The highest BCUT2D eigenvalue weighted by Crippen LogP contribution is 2.22. The second kappa shape index (κ2) is 3.35. The fourth-order valence-corrected chi connectivity index (χ4v) is 1.01. The molecule has 1 aromatic rings. The van der Waals surface area contributed by atoms with Gasteiger partial charge in [0.2, 0.25) is 0 Å². The molecule has 1 saturated heterocycles. The fraction of sp³-hybridized carbons (Fsp3) is 0.429. The van der Waals surface area contributed by atoms with Crippen LogP contribution in [0.25, 0.3) is 0 Å². The lowest BCUT2D eigenvalue weighted by molar-refractivity contribution is -0.0613. The van der Waals surface area contributed by atoms with Gasteiger partial charge in [0.05, 0.1) is 13.2 Å². The van der Waals surface area contributed by atoms with E-state index in [0.29, 0.717) is 19.0 Å². The maximum absolute atomic E-state index is 5.87. The smallest absolute Gasteiger partial charge is 0.152 e. The van der Waals surface area contributed by atoms with E-state index >= 15 is 0 Å². The maximum Gasteiger partial charge on any atom is 0.152 e. The van der Waals surface area contributed by atoms with Crippen LogP contribution in [0.3, 0.4) is 0 Å². The summed E-state index contributed by atoms with van der Waals surface area (Å²) >= 11 is 0. The Kier molecular flexibility index (Phi) is 2.62. The molecule has 66 valence electrons. The summed E-state index contributed by atoms with van der Waals surface area (Å²) in [4.78, 5) is 8.11. The fourth-order valence-electron chi connectivity index (χ4n) is 1.01. The molecule has 0 aliphatic carbocycles. The summed E-state index contributed by atoms with van der Waals surface area (Å²) in [6.07, 6.45) is 3.38. The zero-order valence-corrected chi connectivity index (χ0v) is 7.25. The van der Waals surface area contributed by atoms with Crippen LogP contribution in [0.2, 0.25) is 0 Å². The number of ether oxygens (including phenoxy) is 1. The lowest BCUT2D eigenvalue weighted by Gasteiger charge is -2.35. The molecule has 0 amide bonds. The van der Waals surface area contributed by atoms with Gasteiger partial charge in [-0.3, -0.25) is 0 Å². The molecule has 0 atom stereocenters. The molecule has 1 fully saturated rings. The van der Waals surface area contributed by atoms with Gasteiger partial charge in [-0.2, -0.15) is 0 Å². The first-order valence-corrected chi connectivity index (χ1v) is 3.45. The summed E-state index contributed by atoms with van der Waals surface area (Å²) in [5, 5.41) is 0. The second-order valence-electron chi connectivity index (χ2n) is 2.72. The Bertz CT molecular complexity index is 250. The van der Waals surface area contributed by atoms with Crippen LogP contribution >= 0.6 is 12.4 Å². The lowest BCUT2D eigenvalue weighted by atomic mass is 9.98. The number of hydrogen-bond acceptors (Lipinski definition) is 4. The van der Waals surface area contributed by atoms with Gasteiger partial charge in [-0.1, -0.05) is 0 Å². The van der Waals surface area contributed by atoms with Crippen LogP contribution in [-0.2, 0) is 10.3 Å². The number of aromatic nitrogens is 2. The van der Waals surface area contributed by atoms with E-state index in [1.165, 1.54) is 0 Å². The first kappa shape index (κ1) is 9.38. The van der Waals surface area contributed by atoms with Crippen molar-refractivity contribution >= 4 is 12.4 Å². The van der Waals surface area contributed by atoms with E-state index in [1.807, 2.05) is 0 Å². The minimum absolute atomic E-state index is 0. The summed E-state index contributed by atoms with van der Waals surface area (Å²) in [6, 6.07) is 1.77. The predicted molar refractivity (Wildman–Crippen MR) is 46.0 cm³/mol. The summed E-state index contributed by atoms with van der Waals surface area (Å²) < 4.78 is 4.99. The van der Waals surface area contributed by atoms with Crippen molar-refractivity contribution in [3.8, 4) is 0 Å². The second-order valence-corrected chi connectivity index (χ2v) is 2.72. The molecule has 2 heterocycles. The Labute approximate surface area is 76.6 Å². The lowest BCUT2D eigenvalue weighted by Crippen LogP contribution is -2.55. The van der Waals surface area contributed by atoms with E-state index in [2.05, 4.69) is 9.97 Å². The minimum Gasteiger partial charge on any atom is -0.376 e. The molecule has 1 aliphatic rings. The summed E-state index contributed by atoms with van der Waals surface area (Å²) in [5.74, 6) is 0.672. The van der Waals surface area contributed by atoms with Crippen LogP contribution in [0, 0.1) is 0 Å². The van der Waals surface area contributed by atoms with Crippen LogP contribution in [0.15, 0.2) is 18.5 Å². The van der Waals surface area contributed by atoms with E-state index in [-0.39, 0.29) is 12.4 Å². The normalized spacial score (nSPS) is 19.1.